The Bertz CT molecular complexity index is 552. The van der Waals surface area contributed by atoms with E-state index in [-0.39, 0.29) is 23.7 Å². The molecule has 0 aromatic carbocycles. The van der Waals surface area contributed by atoms with E-state index < -0.39 is 31.1 Å². The van der Waals surface area contributed by atoms with E-state index in [9.17, 15) is 24.0 Å². The minimum Gasteiger partial charge on any atom is -0.454 e. The van der Waals surface area contributed by atoms with Crippen molar-refractivity contribution in [2.75, 3.05) is 19.7 Å². The zero-order valence-electron chi connectivity index (χ0n) is 14.2. The number of amides is 5. The summed E-state index contributed by atoms with van der Waals surface area (Å²) in [5, 5.41) is 4.45. The lowest BCUT2D eigenvalue weighted by atomic mass is 9.81. The normalized spacial score (nSPS) is 22.4. The highest BCUT2D eigenvalue weighted by atomic mass is 16.5. The second-order valence-corrected chi connectivity index (χ2v) is 6.22. The molecule has 5 amide bonds. The molecule has 0 bridgehead atoms. The minimum atomic E-state index is -0.857. The molecule has 2 fully saturated rings. The largest absolute Gasteiger partial charge is 0.454 e. The Balaban J connectivity index is 1.76. The fourth-order valence-electron chi connectivity index (χ4n) is 3.15. The standard InChI is InChI=1S/C16H23N3O6/c1-2-7-17-16(24)18-12(20)9-25-13(21)8-19-14(22)10-5-3-4-6-11(10)15(19)23/h10-11H,2-9H2,1H3,(H2,17,18,20,24). The van der Waals surface area contributed by atoms with Gasteiger partial charge in [0.1, 0.15) is 6.54 Å². The molecule has 0 radical (unpaired) electrons. The van der Waals surface area contributed by atoms with Crippen LogP contribution in [0.3, 0.4) is 0 Å². The lowest BCUT2D eigenvalue weighted by Gasteiger charge is -2.19. The molecule has 25 heavy (non-hydrogen) atoms. The van der Waals surface area contributed by atoms with Gasteiger partial charge in [0.25, 0.3) is 5.91 Å². The van der Waals surface area contributed by atoms with Gasteiger partial charge in [-0.15, -0.1) is 0 Å². The molecule has 9 nitrogen and oxygen atoms in total. The number of nitrogens with one attached hydrogen (secondary N) is 2. The number of hydrogen-bond acceptors (Lipinski definition) is 6. The first-order valence-electron chi connectivity index (χ1n) is 8.52. The number of likely N-dealkylation sites (tertiary alicyclic amines) is 1. The second kappa shape index (κ2) is 8.59. The Morgan fingerprint density at radius 1 is 1.12 bits per heavy atom. The van der Waals surface area contributed by atoms with Gasteiger partial charge in [-0.2, -0.15) is 0 Å². The van der Waals surface area contributed by atoms with Crippen LogP contribution in [0.15, 0.2) is 0 Å². The number of ether oxygens (including phenoxy) is 1. The van der Waals surface area contributed by atoms with Gasteiger partial charge in [-0.1, -0.05) is 19.8 Å². The van der Waals surface area contributed by atoms with Crippen molar-refractivity contribution < 1.29 is 28.7 Å². The van der Waals surface area contributed by atoms with Crippen LogP contribution in [-0.4, -0.2) is 54.3 Å². The number of carbonyl (C=O) groups is 5. The van der Waals surface area contributed by atoms with E-state index in [1.807, 2.05) is 12.2 Å². The first-order chi connectivity index (χ1) is 11.9. The lowest BCUT2D eigenvalue weighted by Crippen LogP contribution is -2.42. The van der Waals surface area contributed by atoms with Crippen molar-refractivity contribution >= 4 is 29.7 Å². The number of rotatable bonds is 6. The highest BCUT2D eigenvalue weighted by Crippen LogP contribution is 2.37. The van der Waals surface area contributed by atoms with Gasteiger partial charge in [-0.3, -0.25) is 29.4 Å². The average molecular weight is 353 g/mol. The molecule has 1 aliphatic carbocycles. The topological polar surface area (TPSA) is 122 Å². The fourth-order valence-corrected chi connectivity index (χ4v) is 3.15. The van der Waals surface area contributed by atoms with Crippen LogP contribution in [0.4, 0.5) is 4.79 Å². The Labute approximate surface area is 145 Å². The summed E-state index contributed by atoms with van der Waals surface area (Å²) in [5.41, 5.74) is 0. The van der Waals surface area contributed by atoms with E-state index in [2.05, 4.69) is 5.32 Å². The van der Waals surface area contributed by atoms with Crippen molar-refractivity contribution in [2.45, 2.75) is 39.0 Å². The Morgan fingerprint density at radius 3 is 2.28 bits per heavy atom. The van der Waals surface area contributed by atoms with Crippen LogP contribution in [0.5, 0.6) is 0 Å². The van der Waals surface area contributed by atoms with Gasteiger partial charge < -0.3 is 10.1 Å². The highest BCUT2D eigenvalue weighted by Gasteiger charge is 2.48. The molecule has 1 aliphatic heterocycles. The smallest absolute Gasteiger partial charge is 0.326 e. The zero-order chi connectivity index (χ0) is 18.4. The quantitative estimate of drug-likeness (QED) is 0.510. The molecule has 2 N–H and O–H groups in total. The van der Waals surface area contributed by atoms with Crippen LogP contribution in [0.1, 0.15) is 39.0 Å². The number of fused-ring (bicyclic) bond motifs is 1. The summed E-state index contributed by atoms with van der Waals surface area (Å²) >= 11 is 0. The number of nitrogens with zero attached hydrogens (tertiary/aromatic N) is 1. The predicted molar refractivity (Wildman–Crippen MR) is 85.0 cm³/mol. The Hall–Kier alpha value is -2.45. The summed E-state index contributed by atoms with van der Waals surface area (Å²) in [6.45, 7) is 1.13. The summed E-state index contributed by atoms with van der Waals surface area (Å²) in [7, 11) is 0. The van der Waals surface area contributed by atoms with Gasteiger partial charge in [0.2, 0.25) is 11.8 Å². The van der Waals surface area contributed by atoms with Crippen LogP contribution in [-0.2, 0) is 23.9 Å². The number of carbonyl (C=O) groups excluding carboxylic acids is 5. The molecule has 0 aromatic rings. The van der Waals surface area contributed by atoms with E-state index in [0.717, 1.165) is 24.2 Å². The minimum absolute atomic E-state index is 0.334. The third-order valence-corrected chi connectivity index (χ3v) is 4.37. The zero-order valence-corrected chi connectivity index (χ0v) is 14.2. The van der Waals surface area contributed by atoms with Gasteiger partial charge in [0, 0.05) is 6.54 Å². The molecule has 0 spiro atoms. The Kier molecular flexibility index (Phi) is 6.49. The maximum atomic E-state index is 12.2. The van der Waals surface area contributed by atoms with Crippen LogP contribution in [0.2, 0.25) is 0 Å². The third kappa shape index (κ3) is 4.77. The van der Waals surface area contributed by atoms with Gasteiger partial charge in [-0.05, 0) is 19.3 Å². The number of hydrogen-bond donors (Lipinski definition) is 2. The molecule has 9 heteroatoms. The summed E-state index contributed by atoms with van der Waals surface area (Å²) in [4.78, 5) is 60.0. The molecule has 2 rings (SSSR count). The molecule has 2 unspecified atom stereocenters. The van der Waals surface area contributed by atoms with Crippen LogP contribution in [0.25, 0.3) is 0 Å². The van der Waals surface area contributed by atoms with Gasteiger partial charge in [0.05, 0.1) is 11.8 Å². The van der Waals surface area contributed by atoms with E-state index in [0.29, 0.717) is 19.4 Å². The number of urea groups is 1. The molecule has 1 saturated carbocycles. The predicted octanol–water partition coefficient (Wildman–Crippen LogP) is -0.0594. The first-order valence-corrected chi connectivity index (χ1v) is 8.52. The van der Waals surface area contributed by atoms with Crippen molar-refractivity contribution in [1.82, 2.24) is 15.5 Å². The van der Waals surface area contributed by atoms with Crippen LogP contribution in [0, 0.1) is 11.8 Å². The summed E-state index contributed by atoms with van der Waals surface area (Å²) in [5.74, 6) is -2.98. The number of esters is 1. The van der Waals surface area contributed by atoms with Crippen molar-refractivity contribution in [2.24, 2.45) is 11.8 Å². The van der Waals surface area contributed by atoms with Gasteiger partial charge in [0.15, 0.2) is 6.61 Å². The maximum Gasteiger partial charge on any atom is 0.326 e. The fraction of sp³-hybridized carbons (Fsp3) is 0.688. The van der Waals surface area contributed by atoms with E-state index >= 15 is 0 Å². The van der Waals surface area contributed by atoms with Gasteiger partial charge in [-0.25, -0.2) is 4.79 Å². The monoisotopic (exact) mass is 353 g/mol. The number of imide groups is 2. The van der Waals surface area contributed by atoms with Crippen molar-refractivity contribution in [3.63, 3.8) is 0 Å². The molecule has 1 saturated heterocycles. The second-order valence-electron chi connectivity index (χ2n) is 6.22. The Morgan fingerprint density at radius 2 is 1.72 bits per heavy atom. The van der Waals surface area contributed by atoms with E-state index in [1.54, 1.807) is 0 Å². The van der Waals surface area contributed by atoms with Gasteiger partial charge >= 0.3 is 12.0 Å². The first kappa shape index (κ1) is 18.9. The molecule has 1 heterocycles. The summed E-state index contributed by atoms with van der Waals surface area (Å²) in [6.07, 6.45) is 3.85. The molecule has 2 atom stereocenters. The van der Waals surface area contributed by atoms with Crippen molar-refractivity contribution in [3.05, 3.63) is 0 Å². The third-order valence-electron chi connectivity index (χ3n) is 4.37. The summed E-state index contributed by atoms with van der Waals surface area (Å²) < 4.78 is 4.74. The van der Waals surface area contributed by atoms with Crippen molar-refractivity contribution in [3.8, 4) is 0 Å². The molecular weight excluding hydrogens is 330 g/mol. The molecule has 2 aliphatic rings. The van der Waals surface area contributed by atoms with Crippen LogP contribution >= 0.6 is 0 Å². The van der Waals surface area contributed by atoms with E-state index in [1.165, 1.54) is 0 Å². The SMILES string of the molecule is CCCNC(=O)NC(=O)COC(=O)CN1C(=O)C2CCCCC2C1=O. The molecule has 138 valence electrons. The highest BCUT2D eigenvalue weighted by molar-refractivity contribution is 6.07. The molecule has 0 aromatic heterocycles. The van der Waals surface area contributed by atoms with Crippen LogP contribution < -0.4 is 10.6 Å². The summed E-state index contributed by atoms with van der Waals surface area (Å²) in [6, 6.07) is -0.670. The molecular formula is C16H23N3O6. The lowest BCUT2D eigenvalue weighted by molar-refractivity contribution is -0.154. The maximum absolute atomic E-state index is 12.2. The average Bonchev–Trinajstić information content (AvgIpc) is 2.83. The van der Waals surface area contributed by atoms with Crippen molar-refractivity contribution in [1.29, 1.82) is 0 Å². The van der Waals surface area contributed by atoms with E-state index in [4.69, 9.17) is 4.74 Å².